The summed E-state index contributed by atoms with van der Waals surface area (Å²) in [5, 5.41) is 11.4. The van der Waals surface area contributed by atoms with E-state index < -0.39 is 30.8 Å². The highest BCUT2D eigenvalue weighted by molar-refractivity contribution is 5.87. The number of hydrogen-bond acceptors (Lipinski definition) is 3. The monoisotopic (exact) mass is 332 g/mol. The third-order valence-electron chi connectivity index (χ3n) is 3.34. The van der Waals surface area contributed by atoms with E-state index in [2.05, 4.69) is 10.1 Å². The molecule has 2 amide bonds. The lowest BCUT2D eigenvalue weighted by atomic mass is 10.1. The van der Waals surface area contributed by atoms with Gasteiger partial charge in [0.2, 0.25) is 0 Å². The number of carbonyl (C=O) groups excluding carboxylic acids is 1. The van der Waals surface area contributed by atoms with Gasteiger partial charge in [-0.1, -0.05) is 12.1 Å². The number of carboxylic acid groups (broad SMARTS) is 1. The van der Waals surface area contributed by atoms with Crippen molar-refractivity contribution >= 4 is 12.0 Å². The SMILES string of the molecule is O=C(O)c1cccc(CNC(=O)N2CCOC(C(F)(F)F)C2)c1. The number of amides is 2. The summed E-state index contributed by atoms with van der Waals surface area (Å²) in [6.07, 6.45) is -6.51. The number of nitrogens with one attached hydrogen (secondary N) is 1. The van der Waals surface area contributed by atoms with Crippen molar-refractivity contribution in [1.29, 1.82) is 0 Å². The molecule has 1 unspecified atom stereocenters. The number of aromatic carboxylic acids is 1. The van der Waals surface area contributed by atoms with Crippen LogP contribution in [0.3, 0.4) is 0 Å². The first-order valence-corrected chi connectivity index (χ1v) is 6.80. The summed E-state index contributed by atoms with van der Waals surface area (Å²) in [6.45, 7) is -0.668. The maximum Gasteiger partial charge on any atom is 0.416 e. The zero-order valence-electron chi connectivity index (χ0n) is 12.0. The number of carbonyl (C=O) groups is 2. The second-order valence-corrected chi connectivity index (χ2v) is 5.01. The number of carboxylic acids is 1. The Morgan fingerprint density at radius 3 is 2.78 bits per heavy atom. The molecular formula is C14H15F3N2O4. The van der Waals surface area contributed by atoms with Crippen LogP contribution in [0.15, 0.2) is 24.3 Å². The number of ether oxygens (including phenoxy) is 1. The van der Waals surface area contributed by atoms with Crippen LogP contribution in [0, 0.1) is 0 Å². The highest BCUT2D eigenvalue weighted by Crippen LogP contribution is 2.25. The molecule has 1 fully saturated rings. The molecule has 0 bridgehead atoms. The average Bonchev–Trinajstić information content (AvgIpc) is 2.52. The summed E-state index contributed by atoms with van der Waals surface area (Å²) in [6, 6.07) is 5.29. The van der Waals surface area contributed by atoms with Crippen molar-refractivity contribution in [3.05, 3.63) is 35.4 Å². The maximum absolute atomic E-state index is 12.6. The Morgan fingerprint density at radius 1 is 1.39 bits per heavy atom. The lowest BCUT2D eigenvalue weighted by Gasteiger charge is -2.33. The Morgan fingerprint density at radius 2 is 2.13 bits per heavy atom. The number of benzene rings is 1. The van der Waals surface area contributed by atoms with E-state index in [1.807, 2.05) is 0 Å². The lowest BCUT2D eigenvalue weighted by Crippen LogP contribution is -2.53. The van der Waals surface area contributed by atoms with Gasteiger partial charge in [-0.25, -0.2) is 9.59 Å². The summed E-state index contributed by atoms with van der Waals surface area (Å²) in [4.78, 5) is 23.8. The highest BCUT2D eigenvalue weighted by atomic mass is 19.4. The molecule has 1 aliphatic rings. The quantitative estimate of drug-likeness (QED) is 0.885. The highest BCUT2D eigenvalue weighted by Gasteiger charge is 2.44. The molecule has 23 heavy (non-hydrogen) atoms. The van der Waals surface area contributed by atoms with Crippen LogP contribution in [0.5, 0.6) is 0 Å². The predicted molar refractivity (Wildman–Crippen MR) is 73.0 cm³/mol. The Kier molecular flexibility index (Phi) is 5.09. The number of alkyl halides is 3. The van der Waals surface area contributed by atoms with E-state index in [0.29, 0.717) is 5.56 Å². The van der Waals surface area contributed by atoms with Gasteiger partial charge in [0.1, 0.15) is 0 Å². The van der Waals surface area contributed by atoms with Crippen LogP contribution in [0.25, 0.3) is 0 Å². The minimum atomic E-state index is -4.52. The normalized spacial score (nSPS) is 18.6. The molecule has 1 heterocycles. The predicted octanol–water partition coefficient (Wildman–Crippen LogP) is 1.86. The van der Waals surface area contributed by atoms with E-state index >= 15 is 0 Å². The number of morpholine rings is 1. The molecule has 2 rings (SSSR count). The van der Waals surface area contributed by atoms with Gasteiger partial charge in [-0.05, 0) is 17.7 Å². The van der Waals surface area contributed by atoms with Crippen LogP contribution in [-0.2, 0) is 11.3 Å². The fourth-order valence-electron chi connectivity index (χ4n) is 2.14. The number of rotatable bonds is 3. The van der Waals surface area contributed by atoms with Crippen molar-refractivity contribution < 1.29 is 32.6 Å². The molecule has 2 N–H and O–H groups in total. The zero-order valence-corrected chi connectivity index (χ0v) is 12.0. The third-order valence-corrected chi connectivity index (χ3v) is 3.34. The molecule has 0 radical (unpaired) electrons. The van der Waals surface area contributed by atoms with Crippen molar-refractivity contribution in [2.24, 2.45) is 0 Å². The number of hydrogen-bond donors (Lipinski definition) is 2. The first-order valence-electron chi connectivity index (χ1n) is 6.80. The molecule has 0 spiro atoms. The fourth-order valence-corrected chi connectivity index (χ4v) is 2.14. The van der Waals surface area contributed by atoms with Gasteiger partial charge in [-0.2, -0.15) is 13.2 Å². The topological polar surface area (TPSA) is 78.9 Å². The molecule has 9 heteroatoms. The smallest absolute Gasteiger partial charge is 0.416 e. The molecule has 1 saturated heterocycles. The van der Waals surface area contributed by atoms with E-state index in [1.165, 1.54) is 18.2 Å². The number of halogens is 3. The third kappa shape index (κ3) is 4.59. The van der Waals surface area contributed by atoms with Crippen molar-refractivity contribution in [3.8, 4) is 0 Å². The van der Waals surface area contributed by atoms with Gasteiger partial charge in [0.15, 0.2) is 6.10 Å². The first-order chi connectivity index (χ1) is 10.8. The van der Waals surface area contributed by atoms with Crippen LogP contribution in [0.1, 0.15) is 15.9 Å². The maximum atomic E-state index is 12.6. The molecule has 0 aromatic heterocycles. The van der Waals surface area contributed by atoms with E-state index in [0.717, 1.165) is 4.90 Å². The molecule has 1 aromatic carbocycles. The molecule has 1 aliphatic heterocycles. The van der Waals surface area contributed by atoms with Gasteiger partial charge >= 0.3 is 18.2 Å². The van der Waals surface area contributed by atoms with Crippen LogP contribution < -0.4 is 5.32 Å². The Bertz CT molecular complexity index is 592. The van der Waals surface area contributed by atoms with Crippen molar-refractivity contribution in [1.82, 2.24) is 10.2 Å². The van der Waals surface area contributed by atoms with Crippen molar-refractivity contribution in [2.75, 3.05) is 19.7 Å². The average molecular weight is 332 g/mol. The zero-order chi connectivity index (χ0) is 17.0. The van der Waals surface area contributed by atoms with Gasteiger partial charge in [0.05, 0.1) is 18.7 Å². The Balaban J connectivity index is 1.92. The second kappa shape index (κ2) is 6.86. The van der Waals surface area contributed by atoms with Gasteiger partial charge < -0.3 is 20.1 Å². The molecule has 126 valence electrons. The summed E-state index contributed by atoms with van der Waals surface area (Å²) in [7, 11) is 0. The van der Waals surface area contributed by atoms with Crippen molar-refractivity contribution in [2.45, 2.75) is 18.8 Å². The van der Waals surface area contributed by atoms with Crippen LogP contribution in [0.2, 0.25) is 0 Å². The summed E-state index contributed by atoms with van der Waals surface area (Å²) in [5.74, 6) is -1.10. The van der Waals surface area contributed by atoms with E-state index in [-0.39, 0.29) is 25.3 Å². The Hall–Kier alpha value is -2.29. The summed E-state index contributed by atoms with van der Waals surface area (Å²) in [5.41, 5.74) is 0.610. The van der Waals surface area contributed by atoms with Crippen LogP contribution >= 0.6 is 0 Å². The standard InChI is InChI=1S/C14H15F3N2O4/c15-14(16,17)11-8-19(4-5-23-11)13(22)18-7-9-2-1-3-10(6-9)12(20)21/h1-3,6,11H,4-5,7-8H2,(H,18,22)(H,20,21). The summed E-state index contributed by atoms with van der Waals surface area (Å²) >= 11 is 0. The molecule has 1 aromatic rings. The fraction of sp³-hybridized carbons (Fsp3) is 0.429. The van der Waals surface area contributed by atoms with E-state index in [1.54, 1.807) is 6.07 Å². The largest absolute Gasteiger partial charge is 0.478 e. The molecule has 6 nitrogen and oxygen atoms in total. The minimum absolute atomic E-state index is 0.0218. The number of urea groups is 1. The van der Waals surface area contributed by atoms with Gasteiger partial charge in [0, 0.05) is 13.1 Å². The lowest BCUT2D eigenvalue weighted by molar-refractivity contribution is -0.233. The summed E-state index contributed by atoms with van der Waals surface area (Å²) < 4.78 is 42.4. The van der Waals surface area contributed by atoms with Crippen LogP contribution in [-0.4, -0.2) is 54.0 Å². The molecular weight excluding hydrogens is 317 g/mol. The minimum Gasteiger partial charge on any atom is -0.478 e. The molecule has 0 saturated carbocycles. The van der Waals surface area contributed by atoms with Crippen molar-refractivity contribution in [3.63, 3.8) is 0 Å². The van der Waals surface area contributed by atoms with E-state index in [9.17, 15) is 22.8 Å². The Labute approximate surface area is 129 Å². The number of nitrogens with zero attached hydrogens (tertiary/aromatic N) is 1. The molecule has 0 aliphatic carbocycles. The van der Waals surface area contributed by atoms with Crippen LogP contribution in [0.4, 0.5) is 18.0 Å². The van der Waals surface area contributed by atoms with E-state index in [4.69, 9.17) is 5.11 Å². The van der Waals surface area contributed by atoms with Gasteiger partial charge in [-0.3, -0.25) is 0 Å². The van der Waals surface area contributed by atoms with Gasteiger partial charge in [0.25, 0.3) is 0 Å². The molecule has 1 atom stereocenters. The van der Waals surface area contributed by atoms with Gasteiger partial charge in [-0.15, -0.1) is 0 Å². The first kappa shape index (κ1) is 17.1. The second-order valence-electron chi connectivity index (χ2n) is 5.01.